The molecule has 1 saturated heterocycles. The summed E-state index contributed by atoms with van der Waals surface area (Å²) in [5, 5.41) is 19.4. The highest BCUT2D eigenvalue weighted by Gasteiger charge is 2.41. The topological polar surface area (TPSA) is 116 Å². The molecule has 1 fully saturated rings. The van der Waals surface area contributed by atoms with Crippen molar-refractivity contribution >= 4 is 27.4 Å². The summed E-state index contributed by atoms with van der Waals surface area (Å²) in [6.07, 6.45) is -4.30. The van der Waals surface area contributed by atoms with Gasteiger partial charge in [0.1, 0.15) is 10.6 Å². The van der Waals surface area contributed by atoms with Crippen molar-refractivity contribution in [2.75, 3.05) is 29.8 Å². The van der Waals surface area contributed by atoms with Crippen molar-refractivity contribution in [1.82, 2.24) is 0 Å². The van der Waals surface area contributed by atoms with E-state index in [-0.39, 0.29) is 35.8 Å². The molecule has 2 aromatic rings. The third-order valence-corrected chi connectivity index (χ3v) is 6.62. The minimum Gasteiger partial charge on any atom is -0.495 e. The number of alkyl halides is 3. The molecule has 174 valence electrons. The lowest BCUT2D eigenvalue weighted by Crippen LogP contribution is -2.61. The van der Waals surface area contributed by atoms with Gasteiger partial charge in [-0.25, -0.2) is 13.2 Å². The molecule has 3 N–H and O–H groups in total. The Labute approximate surface area is 182 Å². The molecule has 3 rings (SSSR count). The van der Waals surface area contributed by atoms with Crippen LogP contribution in [0.1, 0.15) is 29.3 Å². The van der Waals surface area contributed by atoms with E-state index in [1.807, 2.05) is 0 Å². The van der Waals surface area contributed by atoms with E-state index in [4.69, 9.17) is 4.74 Å². The second-order valence-corrected chi connectivity index (χ2v) is 9.09. The molecule has 0 unspecified atom stereocenters. The quantitative estimate of drug-likeness (QED) is 0.565. The molecule has 0 saturated carbocycles. The van der Waals surface area contributed by atoms with Gasteiger partial charge in [-0.2, -0.15) is 13.2 Å². The number of rotatable bonds is 7. The maximum absolute atomic E-state index is 13.3. The SMILES string of the molecule is CCC1(O)CN(c2ccc(C(F)(F)F)cc2NS(=O)(=O)c2cc(C(=O)O)ccc2OC)C1. The first-order chi connectivity index (χ1) is 14.8. The molecule has 1 aliphatic rings. The van der Waals surface area contributed by atoms with Gasteiger partial charge in [0.05, 0.1) is 35.2 Å². The summed E-state index contributed by atoms with van der Waals surface area (Å²) < 4.78 is 73.0. The zero-order valence-corrected chi connectivity index (χ0v) is 17.9. The Balaban J connectivity index is 2.07. The first-order valence-corrected chi connectivity index (χ1v) is 10.9. The molecule has 32 heavy (non-hydrogen) atoms. The fourth-order valence-corrected chi connectivity index (χ4v) is 4.61. The number of carboxylic acids is 1. The van der Waals surface area contributed by atoms with E-state index in [1.165, 1.54) is 7.11 Å². The zero-order chi connectivity index (χ0) is 23.9. The van der Waals surface area contributed by atoms with E-state index < -0.39 is 38.2 Å². The van der Waals surface area contributed by atoms with Gasteiger partial charge in [-0.3, -0.25) is 4.72 Å². The molecule has 1 aliphatic heterocycles. The lowest BCUT2D eigenvalue weighted by molar-refractivity contribution is -0.137. The van der Waals surface area contributed by atoms with E-state index in [1.54, 1.807) is 11.8 Å². The molecule has 0 radical (unpaired) electrons. The van der Waals surface area contributed by atoms with Crippen LogP contribution in [0.4, 0.5) is 24.5 Å². The van der Waals surface area contributed by atoms with Crippen LogP contribution in [-0.2, 0) is 16.2 Å². The number of halogens is 3. The second-order valence-electron chi connectivity index (χ2n) is 7.44. The zero-order valence-electron chi connectivity index (χ0n) is 17.1. The summed E-state index contributed by atoms with van der Waals surface area (Å²) in [4.78, 5) is 12.3. The first kappa shape index (κ1) is 23.7. The van der Waals surface area contributed by atoms with Crippen molar-refractivity contribution in [3.8, 4) is 5.75 Å². The molecule has 12 heteroatoms. The van der Waals surface area contributed by atoms with Crippen molar-refractivity contribution in [2.45, 2.75) is 30.0 Å². The van der Waals surface area contributed by atoms with Gasteiger partial charge < -0.3 is 19.8 Å². The average molecular weight is 474 g/mol. The first-order valence-electron chi connectivity index (χ1n) is 9.42. The number of benzene rings is 2. The number of anilines is 2. The molecule has 0 bridgehead atoms. The Morgan fingerprint density at radius 2 is 1.88 bits per heavy atom. The van der Waals surface area contributed by atoms with E-state index in [0.29, 0.717) is 12.5 Å². The Kier molecular flexibility index (Phi) is 6.04. The number of β-amino-alcohol motifs (C(OH)–C–C–N with tert-alkyl or cyclic N) is 1. The van der Waals surface area contributed by atoms with Gasteiger partial charge in [-0.15, -0.1) is 0 Å². The number of carboxylic acid groups (broad SMARTS) is 1. The maximum atomic E-state index is 13.3. The monoisotopic (exact) mass is 474 g/mol. The highest BCUT2D eigenvalue weighted by Crippen LogP contribution is 2.40. The van der Waals surface area contributed by atoms with Crippen LogP contribution in [0.15, 0.2) is 41.3 Å². The fraction of sp³-hybridized carbons (Fsp3) is 0.350. The van der Waals surface area contributed by atoms with Gasteiger partial charge in [0.2, 0.25) is 0 Å². The van der Waals surface area contributed by atoms with Crippen LogP contribution < -0.4 is 14.4 Å². The number of methoxy groups -OCH3 is 1. The molecular weight excluding hydrogens is 453 g/mol. The standard InChI is InChI=1S/C20H21F3N2O6S/c1-3-19(28)10-25(11-19)15-6-5-13(20(21,22)23)9-14(15)24-32(29,30)17-8-12(18(26)27)4-7-16(17)31-2/h4-9,24,28H,3,10-11H2,1-2H3,(H,26,27). The number of aliphatic hydroxyl groups is 1. The van der Waals surface area contributed by atoms with Gasteiger partial charge in [-0.05, 0) is 42.8 Å². The molecule has 8 nitrogen and oxygen atoms in total. The number of ether oxygens (including phenoxy) is 1. The number of carbonyl (C=O) groups is 1. The van der Waals surface area contributed by atoms with Crippen LogP contribution in [0.3, 0.4) is 0 Å². The van der Waals surface area contributed by atoms with Gasteiger partial charge in [-0.1, -0.05) is 6.92 Å². The van der Waals surface area contributed by atoms with Crippen LogP contribution in [0.2, 0.25) is 0 Å². The largest absolute Gasteiger partial charge is 0.495 e. The number of hydrogen-bond donors (Lipinski definition) is 3. The van der Waals surface area contributed by atoms with Crippen LogP contribution in [0, 0.1) is 0 Å². The van der Waals surface area contributed by atoms with E-state index in [9.17, 15) is 36.6 Å². The Hall–Kier alpha value is -2.99. The predicted molar refractivity (Wildman–Crippen MR) is 110 cm³/mol. The average Bonchev–Trinajstić information content (AvgIpc) is 2.70. The molecule has 0 aliphatic carbocycles. The fourth-order valence-electron chi connectivity index (χ4n) is 3.35. The van der Waals surface area contributed by atoms with E-state index in [2.05, 4.69) is 4.72 Å². The lowest BCUT2D eigenvalue weighted by atomic mass is 9.90. The smallest absolute Gasteiger partial charge is 0.416 e. The molecule has 2 aromatic carbocycles. The van der Waals surface area contributed by atoms with Crippen LogP contribution in [0.25, 0.3) is 0 Å². The molecule has 0 amide bonds. The maximum Gasteiger partial charge on any atom is 0.416 e. The van der Waals surface area contributed by atoms with Crippen LogP contribution in [0.5, 0.6) is 5.75 Å². The van der Waals surface area contributed by atoms with Gasteiger partial charge in [0.25, 0.3) is 10.0 Å². The summed E-state index contributed by atoms with van der Waals surface area (Å²) in [5.74, 6) is -1.57. The molecule has 0 atom stereocenters. The highest BCUT2D eigenvalue weighted by molar-refractivity contribution is 7.92. The van der Waals surface area contributed by atoms with Crippen LogP contribution >= 0.6 is 0 Å². The van der Waals surface area contributed by atoms with Gasteiger partial charge in [0, 0.05) is 13.1 Å². The van der Waals surface area contributed by atoms with E-state index in [0.717, 1.165) is 30.3 Å². The molecule has 0 spiro atoms. The Morgan fingerprint density at radius 1 is 1.22 bits per heavy atom. The van der Waals surface area contributed by atoms with Gasteiger partial charge >= 0.3 is 12.1 Å². The Bertz CT molecular complexity index is 1140. The summed E-state index contributed by atoms with van der Waals surface area (Å²) in [6, 6.07) is 5.74. The van der Waals surface area contributed by atoms with Crippen molar-refractivity contribution in [3.63, 3.8) is 0 Å². The summed E-state index contributed by atoms with van der Waals surface area (Å²) in [5.41, 5.74) is -2.64. The van der Waals surface area contributed by atoms with Crippen molar-refractivity contribution in [3.05, 3.63) is 47.5 Å². The Morgan fingerprint density at radius 3 is 2.41 bits per heavy atom. The molecular formula is C20H21F3N2O6S. The number of hydrogen-bond acceptors (Lipinski definition) is 6. The van der Waals surface area contributed by atoms with E-state index >= 15 is 0 Å². The summed E-state index contributed by atoms with van der Waals surface area (Å²) in [7, 11) is -3.37. The number of sulfonamides is 1. The van der Waals surface area contributed by atoms with Crippen LogP contribution in [-0.4, -0.2) is 50.4 Å². The normalized spacial score (nSPS) is 15.8. The molecule has 1 heterocycles. The number of nitrogens with one attached hydrogen (secondary N) is 1. The number of nitrogens with zero attached hydrogens (tertiary/aromatic N) is 1. The molecule has 0 aromatic heterocycles. The third-order valence-electron chi connectivity index (χ3n) is 5.24. The van der Waals surface area contributed by atoms with Gasteiger partial charge in [0.15, 0.2) is 0 Å². The summed E-state index contributed by atoms with van der Waals surface area (Å²) in [6.45, 7) is 1.98. The minimum atomic E-state index is -4.72. The van der Waals surface area contributed by atoms with Crippen molar-refractivity contribution in [2.24, 2.45) is 0 Å². The highest BCUT2D eigenvalue weighted by atomic mass is 32.2. The predicted octanol–water partition coefficient (Wildman–Crippen LogP) is 3.17. The minimum absolute atomic E-state index is 0.113. The summed E-state index contributed by atoms with van der Waals surface area (Å²) >= 11 is 0. The number of aromatic carboxylic acids is 1. The third kappa shape index (κ3) is 4.60. The van der Waals surface area contributed by atoms with Crippen molar-refractivity contribution < 1.29 is 41.3 Å². The van der Waals surface area contributed by atoms with Crippen molar-refractivity contribution in [1.29, 1.82) is 0 Å². The lowest BCUT2D eigenvalue weighted by Gasteiger charge is -2.48. The second kappa shape index (κ2) is 8.17.